The number of rotatable bonds is 7. The van der Waals surface area contributed by atoms with Gasteiger partial charge in [-0.15, -0.1) is 0 Å². The fraction of sp³-hybridized carbons (Fsp3) is 0.533. The van der Waals surface area contributed by atoms with Crippen molar-refractivity contribution in [3.8, 4) is 6.07 Å². The predicted octanol–water partition coefficient (Wildman–Crippen LogP) is 2.14. The van der Waals surface area contributed by atoms with Gasteiger partial charge in [-0.3, -0.25) is 0 Å². The van der Waals surface area contributed by atoms with E-state index in [0.717, 1.165) is 29.9 Å². The van der Waals surface area contributed by atoms with Gasteiger partial charge in [0.1, 0.15) is 6.07 Å². The average Bonchev–Trinajstić information content (AvgIpc) is 2.40. The second-order valence-corrected chi connectivity index (χ2v) is 4.77. The van der Waals surface area contributed by atoms with Crippen LogP contribution in [0.3, 0.4) is 0 Å². The van der Waals surface area contributed by atoms with Gasteiger partial charge < -0.3 is 15.0 Å². The van der Waals surface area contributed by atoms with Crippen molar-refractivity contribution in [3.05, 3.63) is 29.3 Å². The molecular formula is C15H23N3O. The molecule has 1 N–H and O–H groups in total. The molecule has 0 bridgehead atoms. The molecule has 104 valence electrons. The van der Waals surface area contributed by atoms with Crippen LogP contribution in [0.25, 0.3) is 0 Å². The molecule has 0 aliphatic rings. The topological polar surface area (TPSA) is 48.3 Å². The van der Waals surface area contributed by atoms with Gasteiger partial charge in [0, 0.05) is 26.2 Å². The van der Waals surface area contributed by atoms with Gasteiger partial charge in [0.2, 0.25) is 0 Å². The van der Waals surface area contributed by atoms with Crippen LogP contribution in [-0.2, 0) is 11.3 Å². The van der Waals surface area contributed by atoms with Crippen LogP contribution in [0, 0.1) is 11.3 Å². The summed E-state index contributed by atoms with van der Waals surface area (Å²) in [5.41, 5.74) is 2.82. The van der Waals surface area contributed by atoms with E-state index in [1.807, 2.05) is 19.2 Å². The number of anilines is 1. The van der Waals surface area contributed by atoms with Crippen molar-refractivity contribution in [1.82, 2.24) is 5.32 Å². The fourth-order valence-corrected chi connectivity index (χ4v) is 2.08. The van der Waals surface area contributed by atoms with Crippen LogP contribution in [0.4, 0.5) is 5.69 Å². The zero-order valence-corrected chi connectivity index (χ0v) is 12.2. The van der Waals surface area contributed by atoms with Crippen molar-refractivity contribution in [2.24, 2.45) is 0 Å². The van der Waals surface area contributed by atoms with Crippen LogP contribution < -0.4 is 10.2 Å². The third-order valence-corrected chi connectivity index (χ3v) is 3.03. The summed E-state index contributed by atoms with van der Waals surface area (Å²) >= 11 is 0. The molecular weight excluding hydrogens is 238 g/mol. The normalized spacial score (nSPS) is 10.5. The lowest BCUT2D eigenvalue weighted by molar-refractivity contribution is 0.204. The summed E-state index contributed by atoms with van der Waals surface area (Å²) in [5.74, 6) is 0. The number of nitrogens with zero attached hydrogens (tertiary/aromatic N) is 2. The zero-order chi connectivity index (χ0) is 14.3. The Morgan fingerprint density at radius 2 is 2.16 bits per heavy atom. The first-order chi connectivity index (χ1) is 9.13. The Morgan fingerprint density at radius 1 is 1.42 bits per heavy atom. The summed E-state index contributed by atoms with van der Waals surface area (Å²) in [6, 6.07) is 8.67. The maximum Gasteiger partial charge on any atom is 0.101 e. The Morgan fingerprint density at radius 3 is 2.68 bits per heavy atom. The number of hydrogen-bond donors (Lipinski definition) is 1. The van der Waals surface area contributed by atoms with E-state index >= 15 is 0 Å². The molecule has 0 spiro atoms. The van der Waals surface area contributed by atoms with E-state index < -0.39 is 0 Å². The number of methoxy groups -OCH3 is 1. The number of benzene rings is 1. The summed E-state index contributed by atoms with van der Waals surface area (Å²) < 4.78 is 5.15. The first-order valence-electron chi connectivity index (χ1n) is 6.57. The minimum Gasteiger partial charge on any atom is -0.383 e. The van der Waals surface area contributed by atoms with Crippen LogP contribution >= 0.6 is 0 Å². The summed E-state index contributed by atoms with van der Waals surface area (Å²) in [7, 11) is 3.60. The monoisotopic (exact) mass is 261 g/mol. The molecule has 1 rings (SSSR count). The number of ether oxygens (including phenoxy) is 1. The molecule has 4 heteroatoms. The lowest BCUT2D eigenvalue weighted by Crippen LogP contribution is -2.34. The van der Waals surface area contributed by atoms with Gasteiger partial charge in [0.15, 0.2) is 0 Å². The number of hydrogen-bond acceptors (Lipinski definition) is 4. The second kappa shape index (κ2) is 7.78. The maximum absolute atomic E-state index is 9.34. The molecule has 0 unspecified atom stereocenters. The van der Waals surface area contributed by atoms with Crippen LogP contribution in [-0.4, -0.2) is 33.4 Å². The van der Waals surface area contributed by atoms with Gasteiger partial charge in [-0.2, -0.15) is 5.26 Å². The Bertz CT molecular complexity index is 438. The summed E-state index contributed by atoms with van der Waals surface area (Å²) in [5, 5.41) is 12.4. The molecule has 1 aromatic rings. The van der Waals surface area contributed by atoms with Crippen LogP contribution in [0.5, 0.6) is 0 Å². The largest absolute Gasteiger partial charge is 0.383 e. The third kappa shape index (κ3) is 4.23. The van der Waals surface area contributed by atoms with E-state index in [1.165, 1.54) is 0 Å². The van der Waals surface area contributed by atoms with Gasteiger partial charge in [-0.05, 0) is 38.6 Å². The molecule has 4 nitrogen and oxygen atoms in total. The van der Waals surface area contributed by atoms with Crippen molar-refractivity contribution in [2.45, 2.75) is 26.4 Å². The van der Waals surface area contributed by atoms with Gasteiger partial charge >= 0.3 is 0 Å². The van der Waals surface area contributed by atoms with E-state index in [0.29, 0.717) is 12.6 Å². The molecule has 0 saturated heterocycles. The van der Waals surface area contributed by atoms with Crippen molar-refractivity contribution in [2.75, 3.05) is 32.2 Å². The highest BCUT2D eigenvalue weighted by Crippen LogP contribution is 2.23. The highest BCUT2D eigenvalue weighted by Gasteiger charge is 2.14. The smallest absolute Gasteiger partial charge is 0.101 e. The lowest BCUT2D eigenvalue weighted by atomic mass is 10.1. The van der Waals surface area contributed by atoms with Crippen LogP contribution in [0.15, 0.2) is 18.2 Å². The molecule has 0 fully saturated rings. The molecule has 0 amide bonds. The van der Waals surface area contributed by atoms with Crippen molar-refractivity contribution < 1.29 is 4.74 Å². The Kier molecular flexibility index (Phi) is 6.34. The fourth-order valence-electron chi connectivity index (χ4n) is 2.08. The molecule has 0 atom stereocenters. The molecule has 0 aliphatic heterocycles. The van der Waals surface area contributed by atoms with Crippen LogP contribution in [0.2, 0.25) is 0 Å². The minimum absolute atomic E-state index is 0.331. The minimum atomic E-state index is 0.331. The Labute approximate surface area is 116 Å². The van der Waals surface area contributed by atoms with Gasteiger partial charge in [-0.1, -0.05) is 6.07 Å². The summed E-state index contributed by atoms with van der Waals surface area (Å²) in [4.78, 5) is 2.20. The van der Waals surface area contributed by atoms with Gasteiger partial charge in [0.05, 0.1) is 17.9 Å². The highest BCUT2D eigenvalue weighted by molar-refractivity contribution is 5.61. The third-order valence-electron chi connectivity index (χ3n) is 3.03. The SMILES string of the molecule is CNCc1ccc(N(CCOC)C(C)C)c(C#N)c1. The first kappa shape index (κ1) is 15.5. The molecule has 19 heavy (non-hydrogen) atoms. The predicted molar refractivity (Wildman–Crippen MR) is 78.3 cm³/mol. The molecule has 1 aromatic carbocycles. The van der Waals surface area contributed by atoms with E-state index in [-0.39, 0.29) is 0 Å². The van der Waals surface area contributed by atoms with E-state index in [4.69, 9.17) is 4.74 Å². The second-order valence-electron chi connectivity index (χ2n) is 4.77. The quantitative estimate of drug-likeness (QED) is 0.817. The average molecular weight is 261 g/mol. The highest BCUT2D eigenvalue weighted by atomic mass is 16.5. The van der Waals surface area contributed by atoms with Crippen molar-refractivity contribution >= 4 is 5.69 Å². The van der Waals surface area contributed by atoms with E-state index in [2.05, 4.69) is 36.2 Å². The lowest BCUT2D eigenvalue weighted by Gasteiger charge is -2.29. The Hall–Kier alpha value is -1.57. The maximum atomic E-state index is 9.34. The number of nitrogens with one attached hydrogen (secondary N) is 1. The molecule has 0 aliphatic carbocycles. The molecule has 0 heterocycles. The Balaban J connectivity index is 3.05. The van der Waals surface area contributed by atoms with Crippen LogP contribution in [0.1, 0.15) is 25.0 Å². The van der Waals surface area contributed by atoms with Crippen molar-refractivity contribution in [3.63, 3.8) is 0 Å². The van der Waals surface area contributed by atoms with Gasteiger partial charge in [0.25, 0.3) is 0 Å². The number of nitriles is 1. The molecule has 0 aromatic heterocycles. The first-order valence-corrected chi connectivity index (χ1v) is 6.57. The summed E-state index contributed by atoms with van der Waals surface area (Å²) in [6.45, 7) is 6.46. The summed E-state index contributed by atoms with van der Waals surface area (Å²) in [6.07, 6.45) is 0. The van der Waals surface area contributed by atoms with Crippen molar-refractivity contribution in [1.29, 1.82) is 5.26 Å². The standard InChI is InChI=1S/C15H23N3O/c1-12(2)18(7-8-19-4)15-6-5-13(11-17-3)9-14(15)10-16/h5-6,9,12,17H,7-8,11H2,1-4H3. The zero-order valence-electron chi connectivity index (χ0n) is 12.2. The van der Waals surface area contributed by atoms with Gasteiger partial charge in [-0.25, -0.2) is 0 Å². The van der Waals surface area contributed by atoms with E-state index in [1.54, 1.807) is 7.11 Å². The molecule has 0 radical (unpaired) electrons. The van der Waals surface area contributed by atoms with E-state index in [9.17, 15) is 5.26 Å². The molecule has 0 saturated carbocycles.